The van der Waals surface area contributed by atoms with Gasteiger partial charge in [0.1, 0.15) is 12.2 Å². The molecule has 0 aliphatic rings. The van der Waals surface area contributed by atoms with Crippen molar-refractivity contribution < 1.29 is 25.2 Å². The van der Waals surface area contributed by atoms with Crippen LogP contribution in [0.3, 0.4) is 0 Å². The lowest BCUT2D eigenvalue weighted by Gasteiger charge is -2.27. The van der Waals surface area contributed by atoms with Gasteiger partial charge in [-0.1, -0.05) is 238 Å². The van der Waals surface area contributed by atoms with E-state index in [1.165, 1.54) is 186 Å². The molecule has 0 heterocycles. The molecule has 4 atom stereocenters. The summed E-state index contributed by atoms with van der Waals surface area (Å²) >= 11 is 0. The van der Waals surface area contributed by atoms with Crippen LogP contribution < -0.4 is 5.32 Å². The Kier molecular flexibility index (Phi) is 42.4. The first-order valence-corrected chi connectivity index (χ1v) is 24.1. The molecule has 6 heteroatoms. The Morgan fingerprint density at radius 2 is 0.778 bits per heavy atom. The standard InChI is InChI=1S/C48H95NO5/c1-3-5-7-9-11-12-13-14-15-16-17-18-19-20-21-22-23-24-25-26-27-28-29-30-31-32-33-34-35-36-38-40-42-46(52)48(54)49-44(43-50)47(53)45(51)41-39-37-10-8-6-4-2/h8,10,44-47,50-53H,3-7,9,11-43H2,1-2H3,(H,49,54)/b10-8+. The van der Waals surface area contributed by atoms with E-state index >= 15 is 0 Å². The first-order valence-electron chi connectivity index (χ1n) is 24.1. The molecule has 0 saturated heterocycles. The van der Waals surface area contributed by atoms with Crippen molar-refractivity contribution in [2.75, 3.05) is 6.61 Å². The van der Waals surface area contributed by atoms with E-state index < -0.39 is 36.9 Å². The molecule has 322 valence electrons. The van der Waals surface area contributed by atoms with Gasteiger partial charge in [-0.15, -0.1) is 0 Å². The Hall–Kier alpha value is -0.950. The molecule has 5 N–H and O–H groups in total. The fourth-order valence-corrected chi connectivity index (χ4v) is 7.65. The molecule has 1 amide bonds. The Bertz CT molecular complexity index is 776. The van der Waals surface area contributed by atoms with Crippen LogP contribution in [0.1, 0.15) is 258 Å². The molecule has 0 aliphatic heterocycles. The van der Waals surface area contributed by atoms with Crippen LogP contribution in [-0.2, 0) is 4.79 Å². The van der Waals surface area contributed by atoms with Gasteiger partial charge in [-0.05, 0) is 32.1 Å². The topological polar surface area (TPSA) is 110 Å². The molecule has 0 aromatic rings. The molecule has 4 unspecified atom stereocenters. The highest BCUT2D eigenvalue weighted by atomic mass is 16.3. The van der Waals surface area contributed by atoms with Crippen molar-refractivity contribution >= 4 is 5.91 Å². The molecule has 54 heavy (non-hydrogen) atoms. The first kappa shape index (κ1) is 53.0. The molecule has 0 saturated carbocycles. The fourth-order valence-electron chi connectivity index (χ4n) is 7.65. The van der Waals surface area contributed by atoms with Crippen LogP contribution in [0.25, 0.3) is 0 Å². The zero-order chi connectivity index (χ0) is 39.6. The number of nitrogens with one attached hydrogen (secondary N) is 1. The predicted molar refractivity (Wildman–Crippen MR) is 233 cm³/mol. The van der Waals surface area contributed by atoms with Crippen LogP contribution in [0, 0.1) is 0 Å². The summed E-state index contributed by atoms with van der Waals surface area (Å²) in [7, 11) is 0. The van der Waals surface area contributed by atoms with Crippen LogP contribution in [-0.4, -0.2) is 57.3 Å². The third kappa shape index (κ3) is 36.7. The van der Waals surface area contributed by atoms with Crippen LogP contribution in [0.5, 0.6) is 0 Å². The molecule has 6 nitrogen and oxygen atoms in total. The summed E-state index contributed by atoms with van der Waals surface area (Å²) < 4.78 is 0. The van der Waals surface area contributed by atoms with Crippen molar-refractivity contribution in [1.82, 2.24) is 5.32 Å². The number of carbonyl (C=O) groups excluding carboxylic acids is 1. The normalized spacial score (nSPS) is 14.1. The van der Waals surface area contributed by atoms with E-state index in [1.807, 2.05) is 0 Å². The summed E-state index contributed by atoms with van der Waals surface area (Å²) in [4.78, 5) is 12.4. The summed E-state index contributed by atoms with van der Waals surface area (Å²) in [5, 5.41) is 43.2. The molecule has 0 aromatic heterocycles. The van der Waals surface area contributed by atoms with Crippen LogP contribution >= 0.6 is 0 Å². The highest BCUT2D eigenvalue weighted by Gasteiger charge is 2.28. The van der Waals surface area contributed by atoms with Crippen molar-refractivity contribution in [3.05, 3.63) is 12.2 Å². The average Bonchev–Trinajstić information content (AvgIpc) is 3.18. The second kappa shape index (κ2) is 43.2. The lowest BCUT2D eigenvalue weighted by atomic mass is 10.00. The average molecular weight is 766 g/mol. The van der Waals surface area contributed by atoms with E-state index in [1.54, 1.807) is 0 Å². The minimum absolute atomic E-state index is 0.367. The van der Waals surface area contributed by atoms with Crippen molar-refractivity contribution in [2.24, 2.45) is 0 Å². The van der Waals surface area contributed by atoms with Gasteiger partial charge in [0, 0.05) is 0 Å². The molecule has 0 bridgehead atoms. The quantitative estimate of drug-likeness (QED) is 0.0313. The Morgan fingerprint density at radius 3 is 1.11 bits per heavy atom. The highest BCUT2D eigenvalue weighted by Crippen LogP contribution is 2.17. The summed E-state index contributed by atoms with van der Waals surface area (Å²) in [6.07, 6.45) is 49.0. The summed E-state index contributed by atoms with van der Waals surface area (Å²) in [5.74, 6) is -0.594. The smallest absolute Gasteiger partial charge is 0.249 e. The number of amides is 1. The van der Waals surface area contributed by atoms with E-state index in [4.69, 9.17) is 0 Å². The van der Waals surface area contributed by atoms with Gasteiger partial charge in [0.15, 0.2) is 0 Å². The Labute approximate surface area is 336 Å². The van der Waals surface area contributed by atoms with Gasteiger partial charge >= 0.3 is 0 Å². The maximum absolute atomic E-state index is 12.4. The summed E-state index contributed by atoms with van der Waals surface area (Å²) in [6.45, 7) is 3.93. The van der Waals surface area contributed by atoms with E-state index in [2.05, 4.69) is 31.3 Å². The lowest BCUT2D eigenvalue weighted by molar-refractivity contribution is -0.132. The van der Waals surface area contributed by atoms with E-state index in [0.717, 1.165) is 38.5 Å². The second-order valence-corrected chi connectivity index (χ2v) is 16.8. The van der Waals surface area contributed by atoms with Gasteiger partial charge in [0.05, 0.1) is 18.8 Å². The minimum Gasteiger partial charge on any atom is -0.394 e. The molecule has 0 spiro atoms. The van der Waals surface area contributed by atoms with Crippen molar-refractivity contribution in [3.8, 4) is 0 Å². The summed E-state index contributed by atoms with van der Waals surface area (Å²) in [5.41, 5.74) is 0. The van der Waals surface area contributed by atoms with Crippen molar-refractivity contribution in [1.29, 1.82) is 0 Å². The minimum atomic E-state index is -1.27. The van der Waals surface area contributed by atoms with Gasteiger partial charge < -0.3 is 25.7 Å². The maximum atomic E-state index is 12.4. The number of hydrogen-bond donors (Lipinski definition) is 5. The third-order valence-corrected chi connectivity index (χ3v) is 11.5. The van der Waals surface area contributed by atoms with Crippen LogP contribution in [0.2, 0.25) is 0 Å². The van der Waals surface area contributed by atoms with Crippen LogP contribution in [0.4, 0.5) is 0 Å². The van der Waals surface area contributed by atoms with Gasteiger partial charge in [-0.25, -0.2) is 0 Å². The summed E-state index contributed by atoms with van der Waals surface area (Å²) in [6, 6.07) is -0.994. The molecule has 0 radical (unpaired) electrons. The fraction of sp³-hybridized carbons (Fsp3) is 0.938. The van der Waals surface area contributed by atoms with Gasteiger partial charge in [0.25, 0.3) is 0 Å². The Morgan fingerprint density at radius 1 is 0.444 bits per heavy atom. The van der Waals surface area contributed by atoms with Gasteiger partial charge in [-0.2, -0.15) is 0 Å². The third-order valence-electron chi connectivity index (χ3n) is 11.5. The second-order valence-electron chi connectivity index (χ2n) is 16.8. The number of aliphatic hydroxyl groups excluding tert-OH is 4. The maximum Gasteiger partial charge on any atom is 0.249 e. The van der Waals surface area contributed by atoms with E-state index in [-0.39, 0.29) is 0 Å². The van der Waals surface area contributed by atoms with E-state index in [0.29, 0.717) is 19.3 Å². The van der Waals surface area contributed by atoms with Gasteiger partial charge in [-0.3, -0.25) is 4.79 Å². The predicted octanol–water partition coefficient (Wildman–Crippen LogP) is 13.0. The molecular formula is C48H95NO5. The molecule has 0 fully saturated rings. The molecule has 0 rings (SSSR count). The van der Waals surface area contributed by atoms with Crippen molar-refractivity contribution in [2.45, 2.75) is 282 Å². The highest BCUT2D eigenvalue weighted by molar-refractivity contribution is 5.80. The number of rotatable bonds is 44. The number of unbranched alkanes of at least 4 members (excludes halogenated alkanes) is 33. The molecule has 0 aromatic carbocycles. The number of allylic oxidation sites excluding steroid dienone is 2. The number of aliphatic hydroxyl groups is 4. The zero-order valence-electron chi connectivity index (χ0n) is 36.2. The largest absolute Gasteiger partial charge is 0.394 e. The van der Waals surface area contributed by atoms with Crippen LogP contribution in [0.15, 0.2) is 12.2 Å². The first-order chi connectivity index (χ1) is 26.5. The zero-order valence-corrected chi connectivity index (χ0v) is 36.2. The number of carbonyl (C=O) groups is 1. The Balaban J connectivity index is 3.44. The molecule has 0 aliphatic carbocycles. The van der Waals surface area contributed by atoms with Crippen molar-refractivity contribution in [3.63, 3.8) is 0 Å². The molecular weight excluding hydrogens is 671 g/mol. The number of hydrogen-bond acceptors (Lipinski definition) is 5. The van der Waals surface area contributed by atoms with E-state index in [9.17, 15) is 25.2 Å². The van der Waals surface area contributed by atoms with Gasteiger partial charge in [0.2, 0.25) is 5.91 Å². The lowest BCUT2D eigenvalue weighted by Crippen LogP contribution is -2.53. The SMILES string of the molecule is CCC/C=C/CCCC(O)C(O)C(CO)NC(=O)C(O)CCCCCCCCCCCCCCCCCCCCCCCCCCCCCCCCCC. The monoisotopic (exact) mass is 766 g/mol.